The van der Waals surface area contributed by atoms with E-state index in [0.29, 0.717) is 0 Å². The standard InChI is InChI=1S/CH4NO.Y/c2-1-3;/h2-3H,1H2;/q-1;. The van der Waals surface area contributed by atoms with Gasteiger partial charge in [-0.05, 0) is 6.73 Å². The van der Waals surface area contributed by atoms with E-state index in [1.165, 1.54) is 0 Å². The molecule has 0 aromatic carbocycles. The summed E-state index contributed by atoms with van der Waals surface area (Å²) in [5.74, 6) is 0. The van der Waals surface area contributed by atoms with Crippen LogP contribution in [0.4, 0.5) is 0 Å². The van der Waals surface area contributed by atoms with E-state index in [2.05, 4.69) is 0 Å². The molecule has 0 aromatic heterocycles. The maximum Gasteiger partial charge on any atom is 0 e. The largest absolute Gasteiger partial charge is 0.655 e. The molecule has 0 amide bonds. The van der Waals surface area contributed by atoms with E-state index >= 15 is 0 Å². The van der Waals surface area contributed by atoms with Gasteiger partial charge in [-0.1, -0.05) is 0 Å². The third-order valence-electron chi connectivity index (χ3n) is 0. The summed E-state index contributed by atoms with van der Waals surface area (Å²) in [6.07, 6.45) is 0. The number of hydrogen-bond acceptors (Lipinski definition) is 1. The molecular weight excluding hydrogens is 131 g/mol. The van der Waals surface area contributed by atoms with E-state index in [0.717, 1.165) is 0 Å². The average molecular weight is 135 g/mol. The van der Waals surface area contributed by atoms with E-state index in [1.54, 1.807) is 0 Å². The van der Waals surface area contributed by atoms with Crippen LogP contribution in [-0.2, 0) is 32.7 Å². The van der Waals surface area contributed by atoms with Crippen LogP contribution >= 0.6 is 0 Å². The molecule has 0 aliphatic rings. The molecule has 1 radical (unpaired) electrons. The van der Waals surface area contributed by atoms with E-state index in [9.17, 15) is 0 Å². The summed E-state index contributed by atoms with van der Waals surface area (Å²) in [6.45, 7) is -0.500. The Kier molecular flexibility index (Phi) is 20.0. The van der Waals surface area contributed by atoms with Gasteiger partial charge in [-0.25, -0.2) is 0 Å². The molecule has 0 unspecified atom stereocenters. The fraction of sp³-hybridized carbons (Fsp3) is 1.00. The van der Waals surface area contributed by atoms with Crippen molar-refractivity contribution in [1.82, 2.24) is 0 Å². The summed E-state index contributed by atoms with van der Waals surface area (Å²) >= 11 is 0. The molecule has 0 spiro atoms. The Balaban J connectivity index is 0. The Morgan fingerprint density at radius 2 is 1.75 bits per heavy atom. The van der Waals surface area contributed by atoms with Gasteiger partial charge in [0.2, 0.25) is 0 Å². The van der Waals surface area contributed by atoms with Crippen molar-refractivity contribution in [2.75, 3.05) is 6.73 Å². The van der Waals surface area contributed by atoms with E-state index in [1.807, 2.05) is 0 Å². The molecule has 0 aliphatic heterocycles. The minimum atomic E-state index is -0.500. The number of aliphatic hydroxyl groups is 1. The smallest absolute Gasteiger partial charge is 0 e. The first-order valence-electron chi connectivity index (χ1n) is 0.670. The SMILES string of the molecule is [NH-]CO.[Y]. The van der Waals surface area contributed by atoms with Crippen molar-refractivity contribution in [2.24, 2.45) is 0 Å². The molecule has 0 rings (SSSR count). The predicted molar refractivity (Wildman–Crippen MR) is 11.4 cm³/mol. The zero-order chi connectivity index (χ0) is 2.71. The topological polar surface area (TPSA) is 44.0 Å². The molecule has 0 heterocycles. The van der Waals surface area contributed by atoms with Gasteiger partial charge in [0, 0.05) is 32.7 Å². The molecule has 2 nitrogen and oxygen atoms in total. The van der Waals surface area contributed by atoms with Crippen molar-refractivity contribution < 1.29 is 37.8 Å². The fourth-order valence-corrected chi connectivity index (χ4v) is 0. The van der Waals surface area contributed by atoms with Crippen molar-refractivity contribution >= 4 is 0 Å². The Hall–Kier alpha value is 1.02. The number of aliphatic hydroxyl groups excluding tert-OH is 1. The fourth-order valence-electron chi connectivity index (χ4n) is 0. The second-order valence-corrected chi connectivity index (χ2v) is 0.158. The Morgan fingerprint density at radius 1 is 1.75 bits per heavy atom. The molecule has 0 aliphatic carbocycles. The molecular formula is CH4NOY-. The summed E-state index contributed by atoms with van der Waals surface area (Å²) in [4.78, 5) is 0. The van der Waals surface area contributed by atoms with Crippen LogP contribution in [-0.4, -0.2) is 11.8 Å². The summed E-state index contributed by atoms with van der Waals surface area (Å²) < 4.78 is 0. The third kappa shape index (κ3) is 11.8. The van der Waals surface area contributed by atoms with E-state index < -0.39 is 6.73 Å². The molecule has 0 saturated carbocycles. The molecule has 2 N–H and O–H groups in total. The normalized spacial score (nSPS) is 4.50. The quantitative estimate of drug-likeness (QED) is 0.498. The van der Waals surface area contributed by atoms with Crippen molar-refractivity contribution in [1.29, 1.82) is 0 Å². The van der Waals surface area contributed by atoms with Crippen LogP contribution < -0.4 is 0 Å². The van der Waals surface area contributed by atoms with Crippen LogP contribution in [0, 0.1) is 0 Å². The summed E-state index contributed by atoms with van der Waals surface area (Å²) in [5.41, 5.74) is 5.76. The van der Waals surface area contributed by atoms with Crippen LogP contribution in [0.25, 0.3) is 5.73 Å². The second-order valence-electron chi connectivity index (χ2n) is 0.158. The second kappa shape index (κ2) is 8.98. The van der Waals surface area contributed by atoms with Crippen LogP contribution in [0.1, 0.15) is 0 Å². The van der Waals surface area contributed by atoms with Crippen LogP contribution in [0.2, 0.25) is 0 Å². The Labute approximate surface area is 50.3 Å². The first-order valence-corrected chi connectivity index (χ1v) is 0.670. The average Bonchev–Trinajstić information content (AvgIpc) is 0.918. The minimum absolute atomic E-state index is 0. The van der Waals surface area contributed by atoms with Gasteiger partial charge in [0.15, 0.2) is 0 Å². The van der Waals surface area contributed by atoms with Crippen molar-refractivity contribution in [3.05, 3.63) is 5.73 Å². The summed E-state index contributed by atoms with van der Waals surface area (Å²) in [7, 11) is 0. The molecule has 0 saturated heterocycles. The third-order valence-corrected chi connectivity index (χ3v) is 0. The molecule has 23 valence electrons. The summed E-state index contributed by atoms with van der Waals surface area (Å²) in [5, 5.41) is 7.24. The molecule has 3 heteroatoms. The number of nitrogens with one attached hydrogen (secondary N) is 1. The van der Waals surface area contributed by atoms with Gasteiger partial charge >= 0.3 is 0 Å². The van der Waals surface area contributed by atoms with Gasteiger partial charge in [0.05, 0.1) is 0 Å². The number of hydrogen-bond donors (Lipinski definition) is 1. The van der Waals surface area contributed by atoms with Crippen molar-refractivity contribution in [2.45, 2.75) is 0 Å². The van der Waals surface area contributed by atoms with Crippen molar-refractivity contribution in [3.63, 3.8) is 0 Å². The van der Waals surface area contributed by atoms with Gasteiger partial charge in [-0.2, -0.15) is 0 Å². The van der Waals surface area contributed by atoms with Gasteiger partial charge in [0.25, 0.3) is 0 Å². The first kappa shape index (κ1) is 8.90. The van der Waals surface area contributed by atoms with E-state index in [4.69, 9.17) is 10.8 Å². The monoisotopic (exact) mass is 135 g/mol. The predicted octanol–water partition coefficient (Wildman–Crippen LogP) is -0.0141. The number of rotatable bonds is 0. The van der Waals surface area contributed by atoms with Gasteiger partial charge < -0.3 is 10.8 Å². The molecule has 0 aromatic rings. The molecule has 0 fully saturated rings. The van der Waals surface area contributed by atoms with E-state index in [-0.39, 0.29) is 32.7 Å². The zero-order valence-electron chi connectivity index (χ0n) is 2.23. The maximum absolute atomic E-state index is 7.24. The van der Waals surface area contributed by atoms with Gasteiger partial charge in [-0.15, -0.1) is 0 Å². The van der Waals surface area contributed by atoms with Crippen molar-refractivity contribution in [3.8, 4) is 0 Å². The van der Waals surface area contributed by atoms with Crippen LogP contribution in [0.3, 0.4) is 0 Å². The maximum atomic E-state index is 7.24. The van der Waals surface area contributed by atoms with Gasteiger partial charge in [-0.3, -0.25) is 0 Å². The van der Waals surface area contributed by atoms with Crippen LogP contribution in [0.5, 0.6) is 0 Å². The Morgan fingerprint density at radius 3 is 1.75 bits per heavy atom. The molecule has 0 atom stereocenters. The minimum Gasteiger partial charge on any atom is -0.655 e. The first-order chi connectivity index (χ1) is 1.41. The Bertz CT molecular complexity index is 8.00. The molecule has 4 heavy (non-hydrogen) atoms. The summed E-state index contributed by atoms with van der Waals surface area (Å²) in [6, 6.07) is 0. The van der Waals surface area contributed by atoms with Crippen LogP contribution in [0.15, 0.2) is 0 Å². The van der Waals surface area contributed by atoms with Gasteiger partial charge in [0.1, 0.15) is 0 Å². The zero-order valence-corrected chi connectivity index (χ0v) is 5.07. The molecule has 0 bridgehead atoms.